The van der Waals surface area contributed by atoms with E-state index in [0.29, 0.717) is 0 Å². The standard InChI is InChI=1S/C11H10.Li.H/c1-9-6-7-10-4-2-3-5-11(10)8-9;;/h2-8H,1H3;;. The second-order valence-electron chi connectivity index (χ2n) is 2.85. The van der Waals surface area contributed by atoms with Gasteiger partial charge >= 0.3 is 18.9 Å². The Labute approximate surface area is 84.8 Å². The second kappa shape index (κ2) is 3.80. The topological polar surface area (TPSA) is 0 Å². The van der Waals surface area contributed by atoms with E-state index in [2.05, 4.69) is 49.4 Å². The van der Waals surface area contributed by atoms with Crippen molar-refractivity contribution in [1.82, 2.24) is 0 Å². The Morgan fingerprint density at radius 2 is 1.50 bits per heavy atom. The van der Waals surface area contributed by atoms with Gasteiger partial charge in [-0.05, 0) is 17.7 Å². The van der Waals surface area contributed by atoms with Crippen molar-refractivity contribution in [2.45, 2.75) is 6.92 Å². The van der Waals surface area contributed by atoms with Crippen LogP contribution in [0.3, 0.4) is 0 Å². The number of rotatable bonds is 0. The minimum atomic E-state index is 0. The van der Waals surface area contributed by atoms with E-state index in [1.807, 2.05) is 0 Å². The summed E-state index contributed by atoms with van der Waals surface area (Å²) in [5, 5.41) is 2.64. The first-order chi connectivity index (χ1) is 5.36. The molecule has 0 aliphatic heterocycles. The van der Waals surface area contributed by atoms with Gasteiger partial charge in [0.2, 0.25) is 0 Å². The molecule has 0 bridgehead atoms. The molecule has 0 aliphatic carbocycles. The third-order valence-electron chi connectivity index (χ3n) is 1.90. The first-order valence-corrected chi connectivity index (χ1v) is 3.82. The summed E-state index contributed by atoms with van der Waals surface area (Å²) >= 11 is 0. The van der Waals surface area contributed by atoms with Gasteiger partial charge in [0, 0.05) is 0 Å². The van der Waals surface area contributed by atoms with Crippen LogP contribution < -0.4 is 0 Å². The van der Waals surface area contributed by atoms with Crippen LogP contribution in [0.4, 0.5) is 0 Å². The Morgan fingerprint density at radius 1 is 0.833 bits per heavy atom. The van der Waals surface area contributed by atoms with Gasteiger partial charge < -0.3 is 0 Å². The summed E-state index contributed by atoms with van der Waals surface area (Å²) < 4.78 is 0. The van der Waals surface area contributed by atoms with Crippen molar-refractivity contribution in [2.75, 3.05) is 0 Å². The zero-order valence-corrected chi connectivity index (χ0v) is 6.54. The molecule has 0 saturated heterocycles. The van der Waals surface area contributed by atoms with Crippen LogP contribution in [0.1, 0.15) is 5.56 Å². The van der Waals surface area contributed by atoms with Crippen LogP contribution in [0.15, 0.2) is 42.5 Å². The van der Waals surface area contributed by atoms with Gasteiger partial charge in [-0.25, -0.2) is 0 Å². The number of benzene rings is 2. The molecule has 0 saturated carbocycles. The number of hydrogen-bond acceptors (Lipinski definition) is 0. The molecule has 0 aliphatic rings. The zero-order chi connectivity index (χ0) is 7.68. The monoisotopic (exact) mass is 150 g/mol. The summed E-state index contributed by atoms with van der Waals surface area (Å²) in [7, 11) is 0. The summed E-state index contributed by atoms with van der Waals surface area (Å²) in [5.41, 5.74) is 1.32. The van der Waals surface area contributed by atoms with Crippen LogP contribution in [0.25, 0.3) is 10.8 Å². The van der Waals surface area contributed by atoms with Gasteiger partial charge in [0.25, 0.3) is 0 Å². The van der Waals surface area contributed by atoms with Crippen molar-refractivity contribution in [1.29, 1.82) is 0 Å². The van der Waals surface area contributed by atoms with E-state index in [1.165, 1.54) is 16.3 Å². The zero-order valence-electron chi connectivity index (χ0n) is 6.54. The fourth-order valence-corrected chi connectivity index (χ4v) is 1.31. The molecule has 0 radical (unpaired) electrons. The minimum absolute atomic E-state index is 0. The maximum absolute atomic E-state index is 2.20. The molecule has 2 aromatic rings. The van der Waals surface area contributed by atoms with Crippen LogP contribution >= 0.6 is 0 Å². The molecule has 0 unspecified atom stereocenters. The fraction of sp³-hybridized carbons (Fsp3) is 0.0909. The molecule has 1 heteroatoms. The SMILES string of the molecule is Cc1ccc2ccccc2c1.[LiH]. The summed E-state index contributed by atoms with van der Waals surface area (Å²) in [4.78, 5) is 0. The molecule has 0 heterocycles. The van der Waals surface area contributed by atoms with Crippen LogP contribution in [-0.2, 0) is 0 Å². The van der Waals surface area contributed by atoms with E-state index in [4.69, 9.17) is 0 Å². The molecule has 56 valence electrons. The summed E-state index contributed by atoms with van der Waals surface area (Å²) in [6.07, 6.45) is 0. The van der Waals surface area contributed by atoms with Gasteiger partial charge in [-0.2, -0.15) is 0 Å². The van der Waals surface area contributed by atoms with Crippen molar-refractivity contribution in [3.05, 3.63) is 48.0 Å². The number of hydrogen-bond donors (Lipinski definition) is 0. The van der Waals surface area contributed by atoms with Crippen molar-refractivity contribution in [2.24, 2.45) is 0 Å². The summed E-state index contributed by atoms with van der Waals surface area (Å²) in [6, 6.07) is 14.9. The fourth-order valence-electron chi connectivity index (χ4n) is 1.31. The van der Waals surface area contributed by atoms with Crippen molar-refractivity contribution in [3.63, 3.8) is 0 Å². The Morgan fingerprint density at radius 3 is 2.25 bits per heavy atom. The summed E-state index contributed by atoms with van der Waals surface area (Å²) in [6.45, 7) is 2.12. The van der Waals surface area contributed by atoms with Gasteiger partial charge in [-0.15, -0.1) is 0 Å². The summed E-state index contributed by atoms with van der Waals surface area (Å²) in [5.74, 6) is 0. The molecule has 2 rings (SSSR count). The Kier molecular flexibility index (Phi) is 2.98. The number of aryl methyl sites for hydroxylation is 1. The predicted molar refractivity (Wildman–Crippen MR) is 55.8 cm³/mol. The van der Waals surface area contributed by atoms with Gasteiger partial charge in [-0.1, -0.05) is 48.0 Å². The van der Waals surface area contributed by atoms with E-state index in [1.54, 1.807) is 0 Å². The Bertz CT molecular complexity index is 379. The third kappa shape index (κ3) is 1.72. The first-order valence-electron chi connectivity index (χ1n) is 3.82. The van der Waals surface area contributed by atoms with Crippen LogP contribution in [0, 0.1) is 6.92 Å². The average molecular weight is 150 g/mol. The molecule has 0 fully saturated rings. The number of fused-ring (bicyclic) bond motifs is 1. The van der Waals surface area contributed by atoms with Gasteiger partial charge in [0.05, 0.1) is 0 Å². The normalized spacial score (nSPS) is 9.42. The average Bonchev–Trinajstić information content (AvgIpc) is 2.04. The molecule has 0 amide bonds. The van der Waals surface area contributed by atoms with Gasteiger partial charge in [0.15, 0.2) is 0 Å². The van der Waals surface area contributed by atoms with Crippen molar-refractivity contribution >= 4 is 29.6 Å². The van der Waals surface area contributed by atoms with E-state index < -0.39 is 0 Å². The van der Waals surface area contributed by atoms with E-state index in [9.17, 15) is 0 Å². The second-order valence-corrected chi connectivity index (χ2v) is 2.85. The van der Waals surface area contributed by atoms with Crippen LogP contribution in [-0.4, -0.2) is 18.9 Å². The van der Waals surface area contributed by atoms with Gasteiger partial charge in [-0.3, -0.25) is 0 Å². The third-order valence-corrected chi connectivity index (χ3v) is 1.90. The predicted octanol–water partition coefficient (Wildman–Crippen LogP) is 2.50. The molecule has 0 atom stereocenters. The van der Waals surface area contributed by atoms with Gasteiger partial charge in [0.1, 0.15) is 0 Å². The molecule has 0 nitrogen and oxygen atoms in total. The first kappa shape index (κ1) is 9.39. The molecular weight excluding hydrogens is 139 g/mol. The molecule has 0 N–H and O–H groups in total. The van der Waals surface area contributed by atoms with Crippen molar-refractivity contribution in [3.8, 4) is 0 Å². The van der Waals surface area contributed by atoms with E-state index in [-0.39, 0.29) is 18.9 Å². The van der Waals surface area contributed by atoms with E-state index >= 15 is 0 Å². The Hall–Kier alpha value is -0.703. The molecule has 12 heavy (non-hydrogen) atoms. The maximum atomic E-state index is 2.20. The molecular formula is C11H11Li. The molecule has 0 aromatic heterocycles. The quantitative estimate of drug-likeness (QED) is 0.506. The van der Waals surface area contributed by atoms with Crippen LogP contribution in [0.5, 0.6) is 0 Å². The van der Waals surface area contributed by atoms with Crippen LogP contribution in [0.2, 0.25) is 0 Å². The molecule has 0 spiro atoms. The molecule has 2 aromatic carbocycles. The van der Waals surface area contributed by atoms with E-state index in [0.717, 1.165) is 0 Å². The van der Waals surface area contributed by atoms with Crippen molar-refractivity contribution < 1.29 is 0 Å². The Balaban J connectivity index is 0.000000720.